The van der Waals surface area contributed by atoms with Crippen molar-refractivity contribution in [3.63, 3.8) is 0 Å². The molecule has 0 atom stereocenters. The number of anilines is 1. The van der Waals surface area contributed by atoms with Gasteiger partial charge in [0.05, 0.1) is 28.9 Å². The zero-order chi connectivity index (χ0) is 13.1. The molecule has 0 N–H and O–H groups in total. The lowest BCUT2D eigenvalue weighted by Crippen LogP contribution is -2.17. The summed E-state index contributed by atoms with van der Waals surface area (Å²) in [5, 5.41) is 11.8. The molecule has 2 rings (SSSR count). The maximum Gasteiger partial charge on any atom is 0.126 e. The smallest absolute Gasteiger partial charge is 0.126 e. The summed E-state index contributed by atoms with van der Waals surface area (Å²) in [6, 6.07) is 6.26. The number of nitrogens with zero attached hydrogens (tertiary/aromatic N) is 3. The average molecular weight is 261 g/mol. The van der Waals surface area contributed by atoms with Gasteiger partial charge in [0.25, 0.3) is 0 Å². The lowest BCUT2D eigenvalue weighted by atomic mass is 10.2. The van der Waals surface area contributed by atoms with Crippen molar-refractivity contribution >= 4 is 17.0 Å². The van der Waals surface area contributed by atoms with Crippen LogP contribution in [0.3, 0.4) is 0 Å². The van der Waals surface area contributed by atoms with Crippen LogP contribution in [0.15, 0.2) is 23.6 Å². The van der Waals surface area contributed by atoms with Crippen LogP contribution in [0.4, 0.5) is 10.1 Å². The Balaban J connectivity index is 2.21. The molecule has 0 amide bonds. The minimum Gasteiger partial charge on any atom is -0.369 e. The van der Waals surface area contributed by atoms with Crippen LogP contribution in [0.2, 0.25) is 0 Å². The van der Waals surface area contributed by atoms with Gasteiger partial charge in [-0.3, -0.25) is 0 Å². The molecule has 0 aliphatic rings. The van der Waals surface area contributed by atoms with E-state index in [2.05, 4.69) is 4.98 Å². The van der Waals surface area contributed by atoms with Gasteiger partial charge in [-0.25, -0.2) is 9.37 Å². The minimum atomic E-state index is -0.398. The third kappa shape index (κ3) is 2.84. The highest BCUT2D eigenvalue weighted by Crippen LogP contribution is 2.19. The number of hydrogen-bond acceptors (Lipinski definition) is 4. The zero-order valence-electron chi connectivity index (χ0n) is 10.1. The standard InChI is InChI=1S/C13H12FN3S/c1-9-16-12(8-18-9)7-17(2)13-4-10(6-15)3-11(14)5-13/h3-5,8H,7H2,1-2H3. The molecule has 0 aliphatic carbocycles. The number of benzene rings is 1. The van der Waals surface area contributed by atoms with E-state index in [0.717, 1.165) is 10.7 Å². The molecule has 0 fully saturated rings. The largest absolute Gasteiger partial charge is 0.369 e. The van der Waals surface area contributed by atoms with Gasteiger partial charge in [0, 0.05) is 18.1 Å². The van der Waals surface area contributed by atoms with Crippen LogP contribution in [-0.2, 0) is 6.54 Å². The molecule has 5 heteroatoms. The second kappa shape index (κ2) is 5.15. The van der Waals surface area contributed by atoms with Crippen molar-refractivity contribution in [2.45, 2.75) is 13.5 Å². The first-order chi connectivity index (χ1) is 8.58. The highest BCUT2D eigenvalue weighted by Gasteiger charge is 2.07. The molecule has 0 saturated heterocycles. The molecule has 0 unspecified atom stereocenters. The fraction of sp³-hybridized carbons (Fsp3) is 0.231. The van der Waals surface area contributed by atoms with E-state index in [1.807, 2.05) is 30.3 Å². The summed E-state index contributed by atoms with van der Waals surface area (Å²) in [6.45, 7) is 2.54. The van der Waals surface area contributed by atoms with Gasteiger partial charge in [0.2, 0.25) is 0 Å². The SMILES string of the molecule is Cc1nc(CN(C)c2cc(F)cc(C#N)c2)cs1. The molecule has 0 radical (unpaired) electrons. The predicted octanol–water partition coefficient (Wildman–Crippen LogP) is 3.10. The second-order valence-corrected chi connectivity index (χ2v) is 5.09. The minimum absolute atomic E-state index is 0.325. The Bertz CT molecular complexity index is 601. The molecule has 0 spiro atoms. The van der Waals surface area contributed by atoms with E-state index in [9.17, 15) is 4.39 Å². The average Bonchev–Trinajstić information content (AvgIpc) is 2.73. The molecule has 2 aromatic rings. The molecule has 3 nitrogen and oxygen atoms in total. The van der Waals surface area contributed by atoms with Crippen molar-refractivity contribution in [2.75, 3.05) is 11.9 Å². The van der Waals surface area contributed by atoms with E-state index in [1.165, 1.54) is 12.1 Å². The van der Waals surface area contributed by atoms with Gasteiger partial charge in [-0.15, -0.1) is 11.3 Å². The highest BCUT2D eigenvalue weighted by molar-refractivity contribution is 7.09. The number of rotatable bonds is 3. The first-order valence-electron chi connectivity index (χ1n) is 5.41. The molecule has 1 heterocycles. The van der Waals surface area contributed by atoms with E-state index < -0.39 is 5.82 Å². The van der Waals surface area contributed by atoms with Crippen LogP contribution < -0.4 is 4.90 Å². The van der Waals surface area contributed by atoms with Crippen molar-refractivity contribution in [3.05, 3.63) is 45.7 Å². The summed E-state index contributed by atoms with van der Waals surface area (Å²) >= 11 is 1.59. The van der Waals surface area contributed by atoms with Crippen LogP contribution >= 0.6 is 11.3 Å². The van der Waals surface area contributed by atoms with Crippen molar-refractivity contribution < 1.29 is 4.39 Å². The van der Waals surface area contributed by atoms with Gasteiger partial charge in [0.15, 0.2) is 0 Å². The molecule has 0 bridgehead atoms. The van der Waals surface area contributed by atoms with Gasteiger partial charge in [0.1, 0.15) is 5.82 Å². The molecule has 0 aliphatic heterocycles. The van der Waals surface area contributed by atoms with E-state index >= 15 is 0 Å². The monoisotopic (exact) mass is 261 g/mol. The summed E-state index contributed by atoms with van der Waals surface area (Å²) in [5.74, 6) is -0.398. The normalized spacial score (nSPS) is 10.1. The van der Waals surface area contributed by atoms with Gasteiger partial charge < -0.3 is 4.90 Å². The summed E-state index contributed by atoms with van der Waals surface area (Å²) in [6.07, 6.45) is 0. The molecule has 1 aromatic carbocycles. The molecule has 0 saturated carbocycles. The topological polar surface area (TPSA) is 39.9 Å². The number of halogens is 1. The van der Waals surface area contributed by atoms with Gasteiger partial charge in [-0.1, -0.05) is 0 Å². The Morgan fingerprint density at radius 1 is 1.44 bits per heavy atom. The first kappa shape index (κ1) is 12.5. The van der Waals surface area contributed by atoms with E-state index in [-0.39, 0.29) is 0 Å². The van der Waals surface area contributed by atoms with Gasteiger partial charge in [-0.05, 0) is 25.1 Å². The van der Waals surface area contributed by atoms with Crippen LogP contribution in [0, 0.1) is 24.1 Å². The van der Waals surface area contributed by atoms with Crippen LogP contribution in [0.25, 0.3) is 0 Å². The highest BCUT2D eigenvalue weighted by atomic mass is 32.1. The molecular weight excluding hydrogens is 249 g/mol. The molecule has 18 heavy (non-hydrogen) atoms. The summed E-state index contributed by atoms with van der Waals surface area (Å²) < 4.78 is 13.3. The van der Waals surface area contributed by atoms with Crippen LogP contribution in [0.1, 0.15) is 16.3 Å². The van der Waals surface area contributed by atoms with Crippen LogP contribution in [-0.4, -0.2) is 12.0 Å². The summed E-state index contributed by atoms with van der Waals surface area (Å²) in [5.41, 5.74) is 1.95. The Morgan fingerprint density at radius 3 is 2.83 bits per heavy atom. The predicted molar refractivity (Wildman–Crippen MR) is 70.1 cm³/mol. The lowest BCUT2D eigenvalue weighted by molar-refractivity contribution is 0.626. The molecular formula is C13H12FN3S. The van der Waals surface area contributed by atoms with E-state index in [4.69, 9.17) is 5.26 Å². The Hall–Kier alpha value is -1.93. The number of thiazole rings is 1. The lowest BCUT2D eigenvalue weighted by Gasteiger charge is -2.18. The van der Waals surface area contributed by atoms with Crippen molar-refractivity contribution in [3.8, 4) is 6.07 Å². The maximum absolute atomic E-state index is 13.3. The summed E-state index contributed by atoms with van der Waals surface area (Å²) in [7, 11) is 1.85. The van der Waals surface area contributed by atoms with Crippen molar-refractivity contribution in [1.29, 1.82) is 5.26 Å². The quantitative estimate of drug-likeness (QED) is 0.852. The molecule has 1 aromatic heterocycles. The fourth-order valence-corrected chi connectivity index (χ4v) is 2.28. The first-order valence-corrected chi connectivity index (χ1v) is 6.29. The third-order valence-corrected chi connectivity index (χ3v) is 3.34. The number of hydrogen-bond donors (Lipinski definition) is 0. The summed E-state index contributed by atoms with van der Waals surface area (Å²) in [4.78, 5) is 6.23. The van der Waals surface area contributed by atoms with E-state index in [0.29, 0.717) is 17.8 Å². The maximum atomic E-state index is 13.3. The number of nitriles is 1. The molecule has 92 valence electrons. The second-order valence-electron chi connectivity index (χ2n) is 4.02. The van der Waals surface area contributed by atoms with E-state index in [1.54, 1.807) is 17.4 Å². The van der Waals surface area contributed by atoms with Crippen molar-refractivity contribution in [1.82, 2.24) is 4.98 Å². The Labute approximate surface area is 109 Å². The third-order valence-electron chi connectivity index (χ3n) is 2.52. The Kier molecular flexibility index (Phi) is 3.58. The van der Waals surface area contributed by atoms with Crippen molar-refractivity contribution in [2.24, 2.45) is 0 Å². The fourth-order valence-electron chi connectivity index (χ4n) is 1.67. The Morgan fingerprint density at radius 2 is 2.22 bits per heavy atom. The number of aromatic nitrogens is 1. The van der Waals surface area contributed by atoms with Gasteiger partial charge in [-0.2, -0.15) is 5.26 Å². The van der Waals surface area contributed by atoms with Gasteiger partial charge >= 0.3 is 0 Å². The number of aryl methyl sites for hydroxylation is 1. The zero-order valence-corrected chi connectivity index (χ0v) is 11.0. The van der Waals surface area contributed by atoms with Crippen LogP contribution in [0.5, 0.6) is 0 Å².